The molecule has 0 atom stereocenters. The molecule has 1 amide bonds. The van der Waals surface area contributed by atoms with Gasteiger partial charge in [0.05, 0.1) is 16.2 Å². The van der Waals surface area contributed by atoms with Crippen molar-refractivity contribution >= 4 is 21.4 Å². The molecule has 0 saturated carbocycles. The van der Waals surface area contributed by atoms with Gasteiger partial charge in [0.1, 0.15) is 5.82 Å². The molecular formula is C26H23FN2O3S. The molecule has 0 radical (unpaired) electrons. The molecule has 0 unspecified atom stereocenters. The lowest BCUT2D eigenvalue weighted by Gasteiger charge is -2.13. The van der Waals surface area contributed by atoms with Gasteiger partial charge < -0.3 is 9.88 Å². The van der Waals surface area contributed by atoms with Gasteiger partial charge in [-0.2, -0.15) is 0 Å². The molecule has 1 heterocycles. The van der Waals surface area contributed by atoms with Gasteiger partial charge in [0.25, 0.3) is 5.91 Å². The number of sulfone groups is 1. The van der Waals surface area contributed by atoms with Gasteiger partial charge in [-0.05, 0) is 74.0 Å². The van der Waals surface area contributed by atoms with Gasteiger partial charge in [0.2, 0.25) is 0 Å². The number of hydrogen-bond donors (Lipinski definition) is 1. The van der Waals surface area contributed by atoms with Crippen LogP contribution in [-0.4, -0.2) is 25.1 Å². The highest BCUT2D eigenvalue weighted by Gasteiger charge is 2.20. The summed E-state index contributed by atoms with van der Waals surface area (Å²) in [5.74, 6) is -0.662. The van der Waals surface area contributed by atoms with Crippen molar-refractivity contribution in [1.82, 2.24) is 4.57 Å². The van der Waals surface area contributed by atoms with E-state index in [4.69, 9.17) is 0 Å². The Labute approximate surface area is 192 Å². The number of aryl methyl sites for hydroxylation is 1. The molecule has 4 rings (SSSR count). The zero-order valence-electron chi connectivity index (χ0n) is 18.5. The molecule has 0 aliphatic rings. The minimum absolute atomic E-state index is 0.181. The Hall–Kier alpha value is -3.71. The van der Waals surface area contributed by atoms with Gasteiger partial charge >= 0.3 is 0 Å². The van der Waals surface area contributed by atoms with Gasteiger partial charge in [-0.1, -0.05) is 29.8 Å². The Bertz CT molecular complexity index is 1420. The molecule has 168 valence electrons. The first kappa shape index (κ1) is 22.5. The highest BCUT2D eigenvalue weighted by Crippen LogP contribution is 2.30. The third kappa shape index (κ3) is 4.73. The number of amides is 1. The summed E-state index contributed by atoms with van der Waals surface area (Å²) in [6.07, 6.45) is 1.13. The minimum Gasteiger partial charge on any atom is -0.322 e. The van der Waals surface area contributed by atoms with Gasteiger partial charge in [0.15, 0.2) is 9.84 Å². The van der Waals surface area contributed by atoms with Crippen LogP contribution in [0, 0.1) is 19.7 Å². The van der Waals surface area contributed by atoms with E-state index in [2.05, 4.69) is 5.32 Å². The second-order valence-corrected chi connectivity index (χ2v) is 9.97. The van der Waals surface area contributed by atoms with Gasteiger partial charge in [-0.15, -0.1) is 0 Å². The van der Waals surface area contributed by atoms with Crippen molar-refractivity contribution in [2.75, 3.05) is 11.6 Å². The van der Waals surface area contributed by atoms with Gasteiger partial charge in [-0.25, -0.2) is 12.8 Å². The van der Waals surface area contributed by atoms with Crippen LogP contribution in [0.2, 0.25) is 0 Å². The highest BCUT2D eigenvalue weighted by molar-refractivity contribution is 7.90. The van der Waals surface area contributed by atoms with Crippen molar-refractivity contribution in [3.63, 3.8) is 0 Å². The van der Waals surface area contributed by atoms with Crippen LogP contribution in [-0.2, 0) is 9.84 Å². The van der Waals surface area contributed by atoms with Crippen LogP contribution in [0.15, 0.2) is 83.8 Å². The first-order valence-electron chi connectivity index (χ1n) is 10.3. The van der Waals surface area contributed by atoms with Crippen LogP contribution in [0.3, 0.4) is 0 Å². The molecule has 5 nitrogen and oxygen atoms in total. The average Bonchev–Trinajstić information content (AvgIpc) is 3.12. The third-order valence-electron chi connectivity index (χ3n) is 5.46. The maximum Gasteiger partial charge on any atom is 0.257 e. The van der Waals surface area contributed by atoms with E-state index in [0.29, 0.717) is 16.9 Å². The highest BCUT2D eigenvalue weighted by atomic mass is 32.2. The molecule has 0 aliphatic carbocycles. The fourth-order valence-corrected chi connectivity index (χ4v) is 4.31. The van der Waals surface area contributed by atoms with Crippen LogP contribution >= 0.6 is 0 Å². The number of benzene rings is 3. The van der Waals surface area contributed by atoms with Gasteiger partial charge in [0, 0.05) is 23.3 Å². The standard InChI is InChI=1S/C26H23FN2O3S/c1-17-4-6-19(7-5-17)25-16-24(18(2)29(25)22-12-8-20(27)9-13-22)26(30)28-21-10-14-23(15-11-21)33(3,31)32/h4-16H,1-3H3,(H,28,30). The Morgan fingerprint density at radius 2 is 1.48 bits per heavy atom. The normalized spacial score (nSPS) is 11.4. The molecule has 3 aromatic carbocycles. The second-order valence-electron chi connectivity index (χ2n) is 7.96. The summed E-state index contributed by atoms with van der Waals surface area (Å²) in [7, 11) is -3.32. The van der Waals surface area contributed by atoms with E-state index < -0.39 is 9.84 Å². The van der Waals surface area contributed by atoms with E-state index >= 15 is 0 Å². The fraction of sp³-hybridized carbons (Fsp3) is 0.115. The molecule has 7 heteroatoms. The number of nitrogens with one attached hydrogen (secondary N) is 1. The Kier molecular flexibility index (Phi) is 5.91. The molecule has 0 bridgehead atoms. The number of halogens is 1. The molecule has 0 fully saturated rings. The van der Waals surface area contributed by atoms with E-state index in [1.165, 1.54) is 24.3 Å². The predicted molar refractivity (Wildman–Crippen MR) is 128 cm³/mol. The van der Waals surface area contributed by atoms with Crippen molar-refractivity contribution < 1.29 is 17.6 Å². The summed E-state index contributed by atoms with van der Waals surface area (Å²) < 4.78 is 38.8. The zero-order valence-corrected chi connectivity index (χ0v) is 19.3. The first-order chi connectivity index (χ1) is 15.6. The monoisotopic (exact) mass is 462 g/mol. The average molecular weight is 463 g/mol. The SMILES string of the molecule is Cc1ccc(-c2cc(C(=O)Nc3ccc(S(C)(=O)=O)cc3)c(C)n2-c2ccc(F)cc2)cc1. The summed E-state index contributed by atoms with van der Waals surface area (Å²) in [4.78, 5) is 13.3. The molecule has 4 aromatic rings. The number of carbonyl (C=O) groups excluding carboxylic acids is 1. The summed E-state index contributed by atoms with van der Waals surface area (Å²) >= 11 is 0. The van der Waals surface area contributed by atoms with Crippen molar-refractivity contribution in [1.29, 1.82) is 0 Å². The van der Waals surface area contributed by atoms with E-state index in [1.807, 2.05) is 48.7 Å². The van der Waals surface area contributed by atoms with Crippen LogP contribution in [0.4, 0.5) is 10.1 Å². The predicted octanol–water partition coefficient (Wildman–Crippen LogP) is 5.56. The molecule has 0 aliphatic heterocycles. The summed E-state index contributed by atoms with van der Waals surface area (Å²) in [6.45, 7) is 3.84. The molecular weight excluding hydrogens is 439 g/mol. The largest absolute Gasteiger partial charge is 0.322 e. The third-order valence-corrected chi connectivity index (χ3v) is 6.59. The van der Waals surface area contributed by atoms with Crippen LogP contribution in [0.25, 0.3) is 16.9 Å². The van der Waals surface area contributed by atoms with Crippen LogP contribution in [0.5, 0.6) is 0 Å². The molecule has 1 N–H and O–H groups in total. The van der Waals surface area contributed by atoms with E-state index in [-0.39, 0.29) is 16.6 Å². The first-order valence-corrected chi connectivity index (χ1v) is 12.2. The van der Waals surface area contributed by atoms with Crippen LogP contribution < -0.4 is 5.32 Å². The van der Waals surface area contributed by atoms with Crippen molar-refractivity contribution in [2.24, 2.45) is 0 Å². The number of hydrogen-bond acceptors (Lipinski definition) is 3. The lowest BCUT2D eigenvalue weighted by atomic mass is 10.1. The maximum absolute atomic E-state index is 13.5. The molecule has 33 heavy (non-hydrogen) atoms. The number of nitrogens with zero attached hydrogens (tertiary/aromatic N) is 1. The lowest BCUT2D eigenvalue weighted by Crippen LogP contribution is -2.13. The Morgan fingerprint density at radius 1 is 0.879 bits per heavy atom. The fourth-order valence-electron chi connectivity index (χ4n) is 3.68. The Morgan fingerprint density at radius 3 is 2.06 bits per heavy atom. The number of carbonyl (C=O) groups is 1. The van der Waals surface area contributed by atoms with Crippen LogP contribution in [0.1, 0.15) is 21.6 Å². The number of anilines is 1. The number of aromatic nitrogens is 1. The van der Waals surface area contributed by atoms with E-state index in [9.17, 15) is 17.6 Å². The van der Waals surface area contributed by atoms with Gasteiger partial charge in [-0.3, -0.25) is 4.79 Å². The molecule has 1 aromatic heterocycles. The maximum atomic E-state index is 13.5. The quantitative estimate of drug-likeness (QED) is 0.422. The number of rotatable bonds is 5. The van der Waals surface area contributed by atoms with Crippen molar-refractivity contribution in [3.8, 4) is 16.9 Å². The van der Waals surface area contributed by atoms with Crippen molar-refractivity contribution in [3.05, 3.63) is 102 Å². The smallest absolute Gasteiger partial charge is 0.257 e. The van der Waals surface area contributed by atoms with E-state index in [0.717, 1.165) is 28.8 Å². The van der Waals surface area contributed by atoms with Crippen molar-refractivity contribution in [2.45, 2.75) is 18.7 Å². The summed E-state index contributed by atoms with van der Waals surface area (Å²) in [5.41, 5.74) is 5.22. The lowest BCUT2D eigenvalue weighted by molar-refractivity contribution is 0.102. The molecule has 0 saturated heterocycles. The molecule has 0 spiro atoms. The minimum atomic E-state index is -3.32. The summed E-state index contributed by atoms with van der Waals surface area (Å²) in [5, 5.41) is 2.83. The second kappa shape index (κ2) is 8.67. The topological polar surface area (TPSA) is 68.2 Å². The zero-order chi connectivity index (χ0) is 23.8. The van der Waals surface area contributed by atoms with E-state index in [1.54, 1.807) is 24.3 Å². The Balaban J connectivity index is 1.75. The summed E-state index contributed by atoms with van der Waals surface area (Å²) in [6, 6.07) is 21.9.